The molecule has 36 heavy (non-hydrogen) atoms. The maximum absolute atomic E-state index is 13.0. The second kappa shape index (κ2) is 12.3. The third kappa shape index (κ3) is 6.51. The van der Waals surface area contributed by atoms with Gasteiger partial charge in [-0.2, -0.15) is 0 Å². The Balaban J connectivity index is 1.29. The lowest BCUT2D eigenvalue weighted by molar-refractivity contribution is 0.0953. The minimum atomic E-state index is -0.343. The van der Waals surface area contributed by atoms with Gasteiger partial charge in [0.1, 0.15) is 24.0 Å². The number of aryl methyl sites for hydroxylation is 1. The average Bonchev–Trinajstić information content (AvgIpc) is 3.24. The second-order valence-corrected chi connectivity index (χ2v) is 9.28. The van der Waals surface area contributed by atoms with Gasteiger partial charge in [-0.15, -0.1) is 0 Å². The molecule has 1 N–H and O–H groups in total. The van der Waals surface area contributed by atoms with Gasteiger partial charge >= 0.3 is 0 Å². The van der Waals surface area contributed by atoms with E-state index in [2.05, 4.69) is 48.0 Å². The first-order valence-corrected chi connectivity index (χ1v) is 12.7. The fourth-order valence-corrected chi connectivity index (χ4v) is 4.39. The van der Waals surface area contributed by atoms with E-state index in [1.54, 1.807) is 0 Å². The van der Waals surface area contributed by atoms with Crippen molar-refractivity contribution in [2.45, 2.75) is 52.0 Å². The Labute approximate surface area is 212 Å². The van der Waals surface area contributed by atoms with Crippen LogP contribution in [0.2, 0.25) is 0 Å². The number of fused-ring (bicyclic) bond motifs is 1. The van der Waals surface area contributed by atoms with Crippen LogP contribution >= 0.6 is 0 Å². The molecule has 0 bridgehead atoms. The van der Waals surface area contributed by atoms with E-state index < -0.39 is 0 Å². The topological polar surface area (TPSA) is 56.1 Å². The number of amides is 1. The van der Waals surface area contributed by atoms with Gasteiger partial charge in [-0.1, -0.05) is 50.6 Å². The highest BCUT2D eigenvalue weighted by Gasteiger charge is 2.12. The second-order valence-electron chi connectivity index (χ2n) is 9.28. The van der Waals surface area contributed by atoms with Gasteiger partial charge in [0, 0.05) is 18.5 Å². The molecule has 0 spiro atoms. The van der Waals surface area contributed by atoms with Crippen LogP contribution in [0.15, 0.2) is 72.8 Å². The molecule has 188 valence electrons. The van der Waals surface area contributed by atoms with Crippen molar-refractivity contribution < 1.29 is 13.9 Å². The van der Waals surface area contributed by atoms with Crippen LogP contribution in [0.3, 0.4) is 0 Å². The Kier molecular flexibility index (Phi) is 8.71. The summed E-state index contributed by atoms with van der Waals surface area (Å²) in [6.45, 7) is 6.26. The number of imidazole rings is 1. The largest absolute Gasteiger partial charge is 0.491 e. The molecule has 0 saturated heterocycles. The van der Waals surface area contributed by atoms with Gasteiger partial charge in [0.15, 0.2) is 0 Å². The fraction of sp³-hybridized carbons (Fsp3) is 0.333. The van der Waals surface area contributed by atoms with E-state index in [1.165, 1.54) is 29.8 Å². The van der Waals surface area contributed by atoms with Crippen LogP contribution in [0.4, 0.5) is 4.39 Å². The van der Waals surface area contributed by atoms with Gasteiger partial charge in [0.05, 0.1) is 17.6 Å². The number of rotatable bonds is 12. The van der Waals surface area contributed by atoms with Gasteiger partial charge in [0.25, 0.3) is 5.91 Å². The molecule has 0 saturated carbocycles. The standard InChI is InChI=1S/C30H34FN3O2/c1-22(2)25-10-5-8-13-28(25)36-21-20-34-27-12-7-6-11-26(27)33-29(34)14-4-3-9-19-32-30(35)23-15-17-24(31)18-16-23/h5-8,10-13,15-18,22H,3-4,9,14,19-21H2,1-2H3,(H,32,35). The van der Waals surface area contributed by atoms with Crippen LogP contribution in [0.5, 0.6) is 5.75 Å². The number of nitrogens with one attached hydrogen (secondary N) is 1. The SMILES string of the molecule is CC(C)c1ccccc1OCCn1c(CCCCCNC(=O)c2ccc(F)cc2)nc2ccccc21. The van der Waals surface area contributed by atoms with E-state index in [4.69, 9.17) is 9.72 Å². The van der Waals surface area contributed by atoms with Crippen LogP contribution in [0.1, 0.15) is 60.8 Å². The zero-order chi connectivity index (χ0) is 25.3. The lowest BCUT2D eigenvalue weighted by Crippen LogP contribution is -2.24. The lowest BCUT2D eigenvalue weighted by Gasteiger charge is -2.15. The number of nitrogens with zero attached hydrogens (tertiary/aromatic N) is 2. The average molecular weight is 488 g/mol. The number of benzene rings is 3. The summed E-state index contributed by atoms with van der Waals surface area (Å²) in [6.07, 6.45) is 3.70. The molecular formula is C30H34FN3O2. The Morgan fingerprint density at radius 1 is 0.972 bits per heavy atom. The van der Waals surface area contributed by atoms with Crippen molar-refractivity contribution in [1.82, 2.24) is 14.9 Å². The van der Waals surface area contributed by atoms with Crippen molar-refractivity contribution >= 4 is 16.9 Å². The number of para-hydroxylation sites is 3. The first-order valence-electron chi connectivity index (χ1n) is 12.7. The molecule has 1 heterocycles. The van der Waals surface area contributed by atoms with Crippen LogP contribution in [0.25, 0.3) is 11.0 Å². The molecule has 0 atom stereocenters. The van der Waals surface area contributed by atoms with Gasteiger partial charge < -0.3 is 14.6 Å². The molecule has 5 nitrogen and oxygen atoms in total. The monoisotopic (exact) mass is 487 g/mol. The van der Waals surface area contributed by atoms with Crippen molar-refractivity contribution in [3.8, 4) is 5.75 Å². The molecule has 6 heteroatoms. The molecule has 4 aromatic rings. The molecule has 0 aliphatic carbocycles. The summed E-state index contributed by atoms with van der Waals surface area (Å²) in [5.41, 5.74) is 3.82. The Hall–Kier alpha value is -3.67. The van der Waals surface area contributed by atoms with Crippen molar-refractivity contribution in [3.05, 3.63) is 95.6 Å². The van der Waals surface area contributed by atoms with E-state index in [0.29, 0.717) is 24.6 Å². The number of unbranched alkanes of at least 4 members (excludes halogenated alkanes) is 2. The number of carbonyl (C=O) groups is 1. The molecule has 0 radical (unpaired) electrons. The maximum atomic E-state index is 13.0. The van der Waals surface area contributed by atoms with Crippen LogP contribution in [-0.2, 0) is 13.0 Å². The number of aromatic nitrogens is 2. The molecule has 0 unspecified atom stereocenters. The van der Waals surface area contributed by atoms with E-state index in [0.717, 1.165) is 54.8 Å². The zero-order valence-electron chi connectivity index (χ0n) is 21.0. The van der Waals surface area contributed by atoms with Gasteiger partial charge in [-0.25, -0.2) is 9.37 Å². The molecule has 1 amide bonds. The summed E-state index contributed by atoms with van der Waals surface area (Å²) in [5, 5.41) is 2.91. The molecule has 4 rings (SSSR count). The van der Waals surface area contributed by atoms with Crippen LogP contribution < -0.4 is 10.1 Å². The quantitative estimate of drug-likeness (QED) is 0.232. The summed E-state index contributed by atoms with van der Waals surface area (Å²) in [5.74, 6) is 1.90. The van der Waals surface area contributed by atoms with Gasteiger partial charge in [0.2, 0.25) is 0 Å². The number of halogens is 1. The molecule has 0 aliphatic heterocycles. The smallest absolute Gasteiger partial charge is 0.251 e. The van der Waals surface area contributed by atoms with E-state index >= 15 is 0 Å². The highest BCUT2D eigenvalue weighted by Crippen LogP contribution is 2.26. The third-order valence-corrected chi connectivity index (χ3v) is 6.32. The minimum Gasteiger partial charge on any atom is -0.491 e. The predicted octanol–water partition coefficient (Wildman–Crippen LogP) is 6.52. The van der Waals surface area contributed by atoms with Crippen molar-refractivity contribution in [2.75, 3.05) is 13.2 Å². The van der Waals surface area contributed by atoms with Gasteiger partial charge in [-0.05, 0) is 66.8 Å². The predicted molar refractivity (Wildman–Crippen MR) is 142 cm³/mol. The van der Waals surface area contributed by atoms with E-state index in [9.17, 15) is 9.18 Å². The number of carbonyl (C=O) groups excluding carboxylic acids is 1. The summed E-state index contributed by atoms with van der Waals surface area (Å²) in [7, 11) is 0. The van der Waals surface area contributed by atoms with E-state index in [1.807, 2.05) is 24.3 Å². The molecule has 1 aromatic heterocycles. The molecule has 0 fully saturated rings. The number of ether oxygens (including phenoxy) is 1. The summed E-state index contributed by atoms with van der Waals surface area (Å²) >= 11 is 0. The van der Waals surface area contributed by atoms with Crippen molar-refractivity contribution in [2.24, 2.45) is 0 Å². The summed E-state index contributed by atoms with van der Waals surface area (Å²) in [6, 6.07) is 22.1. The molecular weight excluding hydrogens is 453 g/mol. The maximum Gasteiger partial charge on any atom is 0.251 e. The highest BCUT2D eigenvalue weighted by molar-refractivity contribution is 5.94. The summed E-state index contributed by atoms with van der Waals surface area (Å²) < 4.78 is 21.5. The Morgan fingerprint density at radius 3 is 2.53 bits per heavy atom. The lowest BCUT2D eigenvalue weighted by atomic mass is 10.0. The molecule has 0 aliphatic rings. The first-order chi connectivity index (χ1) is 17.5. The Bertz CT molecular complexity index is 1280. The van der Waals surface area contributed by atoms with Crippen molar-refractivity contribution in [3.63, 3.8) is 0 Å². The van der Waals surface area contributed by atoms with Crippen LogP contribution in [0, 0.1) is 5.82 Å². The third-order valence-electron chi connectivity index (χ3n) is 6.32. The minimum absolute atomic E-state index is 0.171. The zero-order valence-corrected chi connectivity index (χ0v) is 21.0. The van der Waals surface area contributed by atoms with Gasteiger partial charge in [-0.3, -0.25) is 4.79 Å². The Morgan fingerprint density at radius 2 is 1.72 bits per heavy atom. The van der Waals surface area contributed by atoms with Crippen molar-refractivity contribution in [1.29, 1.82) is 0 Å². The van der Waals surface area contributed by atoms with Crippen LogP contribution in [-0.4, -0.2) is 28.6 Å². The molecule has 3 aromatic carbocycles. The normalized spacial score (nSPS) is 11.2. The highest BCUT2D eigenvalue weighted by atomic mass is 19.1. The number of hydrogen-bond acceptors (Lipinski definition) is 3. The number of hydrogen-bond donors (Lipinski definition) is 1. The summed E-state index contributed by atoms with van der Waals surface area (Å²) in [4.78, 5) is 17.0. The fourth-order valence-electron chi connectivity index (χ4n) is 4.39. The van der Waals surface area contributed by atoms with E-state index in [-0.39, 0.29) is 11.7 Å². The first kappa shape index (κ1) is 25.4.